The molecule has 0 aliphatic carbocycles. The number of fused-ring (bicyclic) bond motifs is 2. The first-order valence-electron chi connectivity index (χ1n) is 6.80. The third-order valence-corrected chi connectivity index (χ3v) is 3.74. The van der Waals surface area contributed by atoms with Gasteiger partial charge in [0, 0.05) is 40.4 Å². The number of rotatable bonds is 1. The molecule has 0 amide bonds. The molecule has 0 unspecified atom stereocenters. The molecule has 4 heteroatoms. The number of pyridine rings is 2. The average molecular weight is 274 g/mol. The van der Waals surface area contributed by atoms with E-state index < -0.39 is 0 Å². The van der Waals surface area contributed by atoms with Crippen molar-refractivity contribution in [3.8, 4) is 5.82 Å². The van der Waals surface area contributed by atoms with E-state index in [9.17, 15) is 0 Å². The van der Waals surface area contributed by atoms with Crippen LogP contribution in [0.1, 0.15) is 5.56 Å². The Morgan fingerprint density at radius 1 is 1.05 bits per heavy atom. The average Bonchev–Trinajstić information content (AvgIpc) is 2.91. The summed E-state index contributed by atoms with van der Waals surface area (Å²) in [5, 5.41) is 3.23. The minimum Gasteiger partial charge on any atom is -0.398 e. The van der Waals surface area contributed by atoms with E-state index in [0.717, 1.165) is 38.7 Å². The van der Waals surface area contributed by atoms with Crippen LogP contribution in [0.4, 0.5) is 5.69 Å². The SMILES string of the molecule is Cc1cc(N)c2cc(-n3ccc4ccncc43)ncc2c1. The van der Waals surface area contributed by atoms with E-state index in [1.54, 1.807) is 6.20 Å². The maximum atomic E-state index is 6.14. The van der Waals surface area contributed by atoms with Crippen molar-refractivity contribution >= 4 is 27.4 Å². The summed E-state index contributed by atoms with van der Waals surface area (Å²) in [5.41, 5.74) is 9.10. The molecular weight excluding hydrogens is 260 g/mol. The standard InChI is InChI=1S/C17H14N4/c1-11-6-13-9-20-17(8-14(13)15(18)7-11)21-5-3-12-2-4-19-10-16(12)21/h2-10H,18H2,1H3. The third kappa shape index (κ3) is 1.84. The van der Waals surface area contributed by atoms with Crippen molar-refractivity contribution in [3.05, 3.63) is 60.7 Å². The molecule has 0 aliphatic heterocycles. The van der Waals surface area contributed by atoms with Crippen LogP contribution in [0, 0.1) is 6.92 Å². The molecule has 2 N–H and O–H groups in total. The second-order valence-corrected chi connectivity index (χ2v) is 5.24. The summed E-state index contributed by atoms with van der Waals surface area (Å²) in [5.74, 6) is 0.848. The van der Waals surface area contributed by atoms with Gasteiger partial charge < -0.3 is 5.73 Å². The molecule has 4 aromatic rings. The molecule has 0 saturated heterocycles. The van der Waals surface area contributed by atoms with E-state index in [-0.39, 0.29) is 0 Å². The van der Waals surface area contributed by atoms with Crippen molar-refractivity contribution in [2.75, 3.05) is 5.73 Å². The highest BCUT2D eigenvalue weighted by Gasteiger charge is 2.07. The molecule has 0 fully saturated rings. The minimum absolute atomic E-state index is 0.781. The largest absolute Gasteiger partial charge is 0.398 e. The van der Waals surface area contributed by atoms with Crippen molar-refractivity contribution in [2.24, 2.45) is 0 Å². The Balaban J connectivity index is 1.99. The van der Waals surface area contributed by atoms with E-state index >= 15 is 0 Å². The Kier molecular flexibility index (Phi) is 2.44. The van der Waals surface area contributed by atoms with Crippen LogP contribution < -0.4 is 5.73 Å². The molecular formula is C17H14N4. The molecule has 0 spiro atoms. The number of benzene rings is 1. The molecule has 0 bridgehead atoms. The lowest BCUT2D eigenvalue weighted by Gasteiger charge is -2.08. The molecule has 102 valence electrons. The maximum Gasteiger partial charge on any atom is 0.137 e. The highest BCUT2D eigenvalue weighted by atomic mass is 15.1. The van der Waals surface area contributed by atoms with Crippen molar-refractivity contribution in [1.29, 1.82) is 0 Å². The predicted octanol–water partition coefficient (Wildman–Crippen LogP) is 3.46. The number of nitrogens with two attached hydrogens (primary N) is 1. The van der Waals surface area contributed by atoms with Gasteiger partial charge in [-0.1, -0.05) is 0 Å². The van der Waals surface area contributed by atoms with Crippen molar-refractivity contribution in [1.82, 2.24) is 14.5 Å². The zero-order chi connectivity index (χ0) is 14.4. The topological polar surface area (TPSA) is 56.7 Å². The molecule has 4 rings (SSSR count). The summed E-state index contributed by atoms with van der Waals surface area (Å²) < 4.78 is 2.03. The van der Waals surface area contributed by atoms with Gasteiger partial charge in [0.1, 0.15) is 5.82 Å². The van der Waals surface area contributed by atoms with Crippen LogP contribution in [0.25, 0.3) is 27.5 Å². The van der Waals surface area contributed by atoms with Gasteiger partial charge >= 0.3 is 0 Å². The quantitative estimate of drug-likeness (QED) is 0.541. The van der Waals surface area contributed by atoms with Gasteiger partial charge in [0.2, 0.25) is 0 Å². The number of nitrogens with zero attached hydrogens (tertiary/aromatic N) is 3. The van der Waals surface area contributed by atoms with E-state index in [0.29, 0.717) is 0 Å². The maximum absolute atomic E-state index is 6.14. The van der Waals surface area contributed by atoms with E-state index in [4.69, 9.17) is 5.73 Å². The second kappa shape index (κ2) is 4.31. The number of hydrogen-bond acceptors (Lipinski definition) is 3. The molecule has 3 heterocycles. The predicted molar refractivity (Wildman–Crippen MR) is 85.5 cm³/mol. The van der Waals surface area contributed by atoms with Gasteiger partial charge in [0.15, 0.2) is 0 Å². The van der Waals surface area contributed by atoms with Crippen LogP contribution in [-0.4, -0.2) is 14.5 Å². The number of anilines is 1. The van der Waals surface area contributed by atoms with Crippen LogP contribution in [0.3, 0.4) is 0 Å². The normalized spacial score (nSPS) is 11.3. The summed E-state index contributed by atoms with van der Waals surface area (Å²) in [7, 11) is 0. The number of nitrogen functional groups attached to an aromatic ring is 1. The van der Waals surface area contributed by atoms with E-state index in [1.807, 2.05) is 48.3 Å². The molecule has 0 saturated carbocycles. The zero-order valence-electron chi connectivity index (χ0n) is 11.6. The first-order valence-corrected chi connectivity index (χ1v) is 6.80. The summed E-state index contributed by atoms with van der Waals surface area (Å²) in [4.78, 5) is 8.75. The molecule has 0 atom stereocenters. The fraction of sp³-hybridized carbons (Fsp3) is 0.0588. The van der Waals surface area contributed by atoms with Crippen LogP contribution in [-0.2, 0) is 0 Å². The molecule has 3 aromatic heterocycles. The zero-order valence-corrected chi connectivity index (χ0v) is 11.6. The summed E-state index contributed by atoms with van der Waals surface area (Å²) >= 11 is 0. The highest BCUT2D eigenvalue weighted by molar-refractivity contribution is 5.94. The molecule has 21 heavy (non-hydrogen) atoms. The Morgan fingerprint density at radius 2 is 1.95 bits per heavy atom. The Morgan fingerprint density at radius 3 is 2.86 bits per heavy atom. The van der Waals surface area contributed by atoms with Crippen LogP contribution >= 0.6 is 0 Å². The van der Waals surface area contributed by atoms with Gasteiger partial charge in [-0.3, -0.25) is 9.55 Å². The lowest BCUT2D eigenvalue weighted by atomic mass is 10.1. The van der Waals surface area contributed by atoms with Crippen molar-refractivity contribution in [3.63, 3.8) is 0 Å². The van der Waals surface area contributed by atoms with Gasteiger partial charge in [0.25, 0.3) is 0 Å². The fourth-order valence-electron chi connectivity index (χ4n) is 2.74. The van der Waals surface area contributed by atoms with Crippen LogP contribution in [0.15, 0.2) is 55.1 Å². The number of hydrogen-bond donors (Lipinski definition) is 1. The van der Waals surface area contributed by atoms with Crippen LogP contribution in [0.2, 0.25) is 0 Å². The minimum atomic E-state index is 0.781. The third-order valence-electron chi connectivity index (χ3n) is 3.74. The Labute approximate surface area is 121 Å². The first-order chi connectivity index (χ1) is 10.2. The van der Waals surface area contributed by atoms with Gasteiger partial charge in [-0.2, -0.15) is 0 Å². The molecule has 4 nitrogen and oxygen atoms in total. The van der Waals surface area contributed by atoms with Gasteiger partial charge in [-0.15, -0.1) is 0 Å². The first kappa shape index (κ1) is 11.9. The molecule has 0 radical (unpaired) electrons. The van der Waals surface area contributed by atoms with Crippen molar-refractivity contribution in [2.45, 2.75) is 6.92 Å². The van der Waals surface area contributed by atoms with Gasteiger partial charge in [0.05, 0.1) is 11.7 Å². The summed E-state index contributed by atoms with van der Waals surface area (Å²) in [6, 6.07) is 10.2. The molecule has 0 aliphatic rings. The smallest absolute Gasteiger partial charge is 0.137 e. The summed E-state index contributed by atoms with van der Waals surface area (Å²) in [6.07, 6.45) is 7.52. The van der Waals surface area contributed by atoms with E-state index in [1.165, 1.54) is 0 Å². The van der Waals surface area contributed by atoms with Crippen LogP contribution in [0.5, 0.6) is 0 Å². The second-order valence-electron chi connectivity index (χ2n) is 5.24. The monoisotopic (exact) mass is 274 g/mol. The number of aromatic nitrogens is 3. The molecule has 1 aromatic carbocycles. The van der Waals surface area contributed by atoms with E-state index in [2.05, 4.69) is 22.1 Å². The Hall–Kier alpha value is -2.88. The highest BCUT2D eigenvalue weighted by Crippen LogP contribution is 2.26. The lowest BCUT2D eigenvalue weighted by Crippen LogP contribution is -1.97. The Bertz CT molecular complexity index is 969. The summed E-state index contributed by atoms with van der Waals surface area (Å²) in [6.45, 7) is 2.04. The van der Waals surface area contributed by atoms with Crippen molar-refractivity contribution < 1.29 is 0 Å². The lowest BCUT2D eigenvalue weighted by molar-refractivity contribution is 1.05. The number of aryl methyl sites for hydroxylation is 1. The van der Waals surface area contributed by atoms with Gasteiger partial charge in [-0.25, -0.2) is 4.98 Å². The van der Waals surface area contributed by atoms with Gasteiger partial charge in [-0.05, 0) is 42.8 Å². The fourth-order valence-corrected chi connectivity index (χ4v) is 2.74.